The van der Waals surface area contributed by atoms with Gasteiger partial charge in [0.15, 0.2) is 11.5 Å². The van der Waals surface area contributed by atoms with Gasteiger partial charge < -0.3 is 18.9 Å². The number of halogens is 6. The number of carbonyl (C=O) groups excluding carboxylic acids is 4. The normalized spacial score (nSPS) is 22.7. The largest absolute Gasteiger partial charge is 0.462 e. The van der Waals surface area contributed by atoms with Gasteiger partial charge in [0.05, 0.1) is 43.3 Å². The minimum atomic E-state index is -1.64. The molecule has 0 radical (unpaired) electrons. The predicted molar refractivity (Wildman–Crippen MR) is 186 cm³/mol. The molecule has 0 spiro atoms. The first kappa shape index (κ1) is 38.9. The maximum Gasteiger partial charge on any atom is 0.423 e. The van der Waals surface area contributed by atoms with E-state index in [1.165, 1.54) is 0 Å². The number of ether oxygens (including phenoxy) is 4. The SMILES string of the molecule is CC1C(COC(=O)c2c(Cl)c(Cl)cc(Cl)c2OC(=O)C(=O)Oc2c(Cl)cc(Cl)c(Cl)c2C(=O)OCC2CCC(C)(C)C2C)CCC1(C)C. The Morgan fingerprint density at radius 2 is 0.958 bits per heavy atom. The fraction of sp³-hybridized carbons (Fsp3) is 0.529. The lowest BCUT2D eigenvalue weighted by Crippen LogP contribution is -2.28. The number of benzene rings is 2. The van der Waals surface area contributed by atoms with E-state index in [0.717, 1.165) is 37.8 Å². The Hall–Kier alpha value is -1.94. The molecule has 0 bridgehead atoms. The van der Waals surface area contributed by atoms with Gasteiger partial charge in [0.25, 0.3) is 0 Å². The van der Waals surface area contributed by atoms with Crippen LogP contribution < -0.4 is 9.47 Å². The van der Waals surface area contributed by atoms with Gasteiger partial charge in [-0.15, -0.1) is 0 Å². The first-order chi connectivity index (χ1) is 22.3. The maximum atomic E-state index is 13.3. The van der Waals surface area contributed by atoms with Gasteiger partial charge in [0, 0.05) is 0 Å². The zero-order valence-electron chi connectivity index (χ0n) is 27.2. The van der Waals surface area contributed by atoms with E-state index in [1.807, 2.05) is 0 Å². The second-order valence-corrected chi connectivity index (χ2v) is 16.2. The molecule has 2 aliphatic rings. The van der Waals surface area contributed by atoms with Crippen LogP contribution in [0, 0.1) is 34.5 Å². The van der Waals surface area contributed by atoms with Crippen molar-refractivity contribution in [3.05, 3.63) is 53.4 Å². The van der Waals surface area contributed by atoms with Crippen LogP contribution in [0.5, 0.6) is 11.5 Å². The molecule has 2 aromatic carbocycles. The van der Waals surface area contributed by atoms with E-state index < -0.39 is 46.5 Å². The smallest absolute Gasteiger partial charge is 0.423 e. The third-order valence-electron chi connectivity index (χ3n) is 10.3. The van der Waals surface area contributed by atoms with Gasteiger partial charge in [0.1, 0.15) is 11.1 Å². The third-order valence-corrected chi connectivity index (χ3v) is 12.4. The van der Waals surface area contributed by atoms with Crippen LogP contribution in [0.15, 0.2) is 12.1 Å². The minimum absolute atomic E-state index is 0.0748. The Morgan fingerprint density at radius 3 is 1.25 bits per heavy atom. The van der Waals surface area contributed by atoms with E-state index in [2.05, 4.69) is 41.5 Å². The molecule has 8 nitrogen and oxygen atoms in total. The van der Waals surface area contributed by atoms with Crippen molar-refractivity contribution in [1.29, 1.82) is 0 Å². The van der Waals surface area contributed by atoms with Crippen molar-refractivity contribution in [2.75, 3.05) is 13.2 Å². The van der Waals surface area contributed by atoms with Gasteiger partial charge >= 0.3 is 23.9 Å². The monoisotopic (exact) mass is 782 g/mol. The lowest BCUT2D eigenvalue weighted by atomic mass is 9.80. The summed E-state index contributed by atoms with van der Waals surface area (Å²) in [5, 5.41) is -1.47. The minimum Gasteiger partial charge on any atom is -0.462 e. The lowest BCUT2D eigenvalue weighted by Gasteiger charge is -2.27. The van der Waals surface area contributed by atoms with Crippen LogP contribution in [-0.4, -0.2) is 37.1 Å². The summed E-state index contributed by atoms with van der Waals surface area (Å²) in [5.41, 5.74) is -0.758. The lowest BCUT2D eigenvalue weighted by molar-refractivity contribution is -0.156. The molecule has 0 aromatic heterocycles. The molecule has 2 aliphatic carbocycles. The Bertz CT molecular complexity index is 1520. The van der Waals surface area contributed by atoms with Crippen molar-refractivity contribution < 1.29 is 38.1 Å². The topological polar surface area (TPSA) is 105 Å². The van der Waals surface area contributed by atoms with Crippen molar-refractivity contribution in [3.8, 4) is 11.5 Å². The zero-order valence-corrected chi connectivity index (χ0v) is 31.8. The average Bonchev–Trinajstić information content (AvgIpc) is 3.42. The van der Waals surface area contributed by atoms with E-state index in [0.29, 0.717) is 0 Å². The molecule has 4 atom stereocenters. The first-order valence-corrected chi connectivity index (χ1v) is 17.7. The predicted octanol–water partition coefficient (Wildman–Crippen LogP) is 10.6. The highest BCUT2D eigenvalue weighted by Crippen LogP contribution is 2.48. The van der Waals surface area contributed by atoms with Crippen molar-refractivity contribution in [1.82, 2.24) is 0 Å². The number of carbonyl (C=O) groups is 4. The van der Waals surface area contributed by atoms with Crippen LogP contribution in [-0.2, 0) is 19.1 Å². The number of hydrogen-bond acceptors (Lipinski definition) is 8. The van der Waals surface area contributed by atoms with E-state index in [9.17, 15) is 19.2 Å². The summed E-state index contributed by atoms with van der Waals surface area (Å²) in [6.45, 7) is 12.9. The van der Waals surface area contributed by atoms with Gasteiger partial charge in [-0.05, 0) is 72.3 Å². The van der Waals surface area contributed by atoms with Crippen LogP contribution in [0.4, 0.5) is 0 Å². The maximum absolute atomic E-state index is 13.3. The van der Waals surface area contributed by atoms with Crippen LogP contribution >= 0.6 is 69.6 Å². The fourth-order valence-electron chi connectivity index (χ4n) is 6.30. The fourth-order valence-corrected chi connectivity index (χ4v) is 7.74. The summed E-state index contributed by atoms with van der Waals surface area (Å²) in [7, 11) is 0. The molecule has 4 rings (SSSR count). The second kappa shape index (κ2) is 15.1. The van der Waals surface area contributed by atoms with Crippen LogP contribution in [0.3, 0.4) is 0 Å². The Labute approximate surface area is 309 Å². The molecule has 14 heteroatoms. The van der Waals surface area contributed by atoms with E-state index >= 15 is 0 Å². The van der Waals surface area contributed by atoms with Gasteiger partial charge in [-0.1, -0.05) is 111 Å². The van der Waals surface area contributed by atoms with Crippen molar-refractivity contribution in [2.45, 2.75) is 67.2 Å². The van der Waals surface area contributed by atoms with E-state index in [-0.39, 0.29) is 77.9 Å². The molecular weight excluding hydrogens is 749 g/mol. The van der Waals surface area contributed by atoms with E-state index in [4.69, 9.17) is 88.6 Å². The summed E-state index contributed by atoms with van der Waals surface area (Å²) in [4.78, 5) is 52.7. The van der Waals surface area contributed by atoms with Gasteiger partial charge in [-0.25, -0.2) is 19.2 Å². The Morgan fingerprint density at radius 1 is 0.625 bits per heavy atom. The van der Waals surface area contributed by atoms with Crippen LogP contribution in [0.1, 0.15) is 87.9 Å². The quantitative estimate of drug-likeness (QED) is 0.113. The highest BCUT2D eigenvalue weighted by atomic mass is 35.5. The molecule has 0 aliphatic heterocycles. The standard InChI is InChI=1S/C34H36Cl6O8/c1-15-17(7-9-33(15,3)4)13-45-29(41)23-25(39)19(35)11-21(37)27(23)47-31(43)32(44)48-28-22(38)12-20(36)26(40)24(28)30(42)46-14-18-8-10-34(5,6)16(18)2/h11-12,15-18H,7-10,13-14H2,1-6H3. The Kier molecular flexibility index (Phi) is 12.2. The molecule has 0 heterocycles. The second-order valence-electron chi connectivity index (χ2n) is 13.8. The molecule has 2 saturated carbocycles. The number of esters is 4. The average molecular weight is 785 g/mol. The van der Waals surface area contributed by atoms with Gasteiger partial charge in [0.2, 0.25) is 0 Å². The van der Waals surface area contributed by atoms with Crippen LogP contribution in [0.25, 0.3) is 0 Å². The third kappa shape index (κ3) is 8.16. The summed E-state index contributed by atoms with van der Waals surface area (Å²) >= 11 is 37.6. The van der Waals surface area contributed by atoms with Gasteiger partial charge in [-0.2, -0.15) is 0 Å². The zero-order chi connectivity index (χ0) is 35.9. The first-order valence-electron chi connectivity index (χ1n) is 15.4. The molecule has 262 valence electrons. The molecular formula is C34H36Cl6O8. The molecule has 0 amide bonds. The van der Waals surface area contributed by atoms with Crippen molar-refractivity contribution in [2.24, 2.45) is 34.5 Å². The number of rotatable bonds is 8. The van der Waals surface area contributed by atoms with Crippen LogP contribution in [0.2, 0.25) is 30.1 Å². The number of hydrogen-bond donors (Lipinski definition) is 0. The summed E-state index contributed by atoms with van der Waals surface area (Å²) < 4.78 is 21.6. The molecule has 0 N–H and O–H groups in total. The Balaban J connectivity index is 1.54. The highest BCUT2D eigenvalue weighted by molar-refractivity contribution is 6.47. The molecule has 2 fully saturated rings. The summed E-state index contributed by atoms with van der Waals surface area (Å²) in [6, 6.07) is 2.27. The van der Waals surface area contributed by atoms with E-state index in [1.54, 1.807) is 0 Å². The van der Waals surface area contributed by atoms with Crippen molar-refractivity contribution in [3.63, 3.8) is 0 Å². The van der Waals surface area contributed by atoms with Crippen molar-refractivity contribution >= 4 is 93.5 Å². The molecule has 2 aromatic rings. The molecule has 4 unspecified atom stereocenters. The highest BCUT2D eigenvalue weighted by Gasteiger charge is 2.41. The van der Waals surface area contributed by atoms with Gasteiger partial charge in [-0.3, -0.25) is 0 Å². The summed E-state index contributed by atoms with van der Waals surface area (Å²) in [5.74, 6) is -5.65. The molecule has 0 saturated heterocycles. The molecule has 48 heavy (non-hydrogen) atoms. The summed E-state index contributed by atoms with van der Waals surface area (Å²) in [6.07, 6.45) is 3.63.